The Morgan fingerprint density at radius 3 is 2.47 bits per heavy atom. The van der Waals surface area contributed by atoms with E-state index in [2.05, 4.69) is 11.8 Å². The normalized spacial score (nSPS) is 62.4. The van der Waals surface area contributed by atoms with Crippen LogP contribution in [0.1, 0.15) is 32.6 Å². The van der Waals surface area contributed by atoms with Crippen molar-refractivity contribution in [2.24, 2.45) is 34.5 Å². The Morgan fingerprint density at radius 2 is 1.84 bits per heavy atom. The van der Waals surface area contributed by atoms with E-state index in [9.17, 15) is 20.4 Å². The summed E-state index contributed by atoms with van der Waals surface area (Å²) in [5, 5.41) is 48.5. The van der Waals surface area contributed by atoms with Gasteiger partial charge < -0.3 is 34.6 Å². The zero-order valence-electron chi connectivity index (χ0n) is 19.6. The maximum atomic E-state index is 12.8. The minimum atomic E-state index is -1.63. The highest BCUT2D eigenvalue weighted by atomic mass is 16.5. The number of likely N-dealkylation sites (tertiary alicyclic amines) is 1. The third-order valence-electron chi connectivity index (χ3n) is 11.2. The van der Waals surface area contributed by atoms with Gasteiger partial charge in [0, 0.05) is 62.9 Å². The fraction of sp³-hybridized carbons (Fsp3) is 1.00. The number of aliphatic hydroxyl groups is 4. The number of likely N-dealkylation sites (N-methyl/N-ethyl adjacent to an activating group) is 1. The molecule has 0 aromatic heterocycles. The highest BCUT2D eigenvalue weighted by molar-refractivity contribution is 5.41. The van der Waals surface area contributed by atoms with Crippen molar-refractivity contribution in [3.8, 4) is 0 Å². The molecule has 0 amide bonds. The lowest BCUT2D eigenvalue weighted by Gasteiger charge is -2.69. The number of nitrogens with zero attached hydrogens (tertiary/aromatic N) is 1. The van der Waals surface area contributed by atoms with Gasteiger partial charge in [0.15, 0.2) is 0 Å². The largest absolute Gasteiger partial charge is 0.392 e. The van der Waals surface area contributed by atoms with Crippen LogP contribution in [0.15, 0.2) is 0 Å². The Labute approximate surface area is 189 Å². The second-order valence-corrected chi connectivity index (χ2v) is 11.7. The van der Waals surface area contributed by atoms with Crippen molar-refractivity contribution >= 4 is 0 Å². The molecule has 6 rings (SSSR count). The van der Waals surface area contributed by atoms with Crippen LogP contribution >= 0.6 is 0 Å². The lowest BCUT2D eigenvalue weighted by atomic mass is 9.42. The van der Waals surface area contributed by atoms with Crippen LogP contribution in [-0.2, 0) is 14.2 Å². The predicted molar refractivity (Wildman–Crippen MR) is 114 cm³/mol. The summed E-state index contributed by atoms with van der Waals surface area (Å²) in [5.41, 5.74) is -4.15. The van der Waals surface area contributed by atoms with Crippen LogP contribution in [0, 0.1) is 34.5 Å². The lowest BCUT2D eigenvalue weighted by Crippen LogP contribution is -2.81. The lowest BCUT2D eigenvalue weighted by molar-refractivity contribution is -0.317. The molecule has 4 N–H and O–H groups in total. The molecule has 7 bridgehead atoms. The zero-order valence-corrected chi connectivity index (χ0v) is 19.6. The standard InChI is InChI=1S/C24H39NO7/c1-5-25-10-21(11-30-2)7-6-15(26)23-13-8-12-14(31-3)9-22(28,16(13)17(12)27)24(29,20(23)25)19(32-4)18(21)23/h12-20,26-29H,5-11H2,1-4H3/t12-,13-,14+,15?,16-,17+,18-,19+,20?,21+,22?,23+,24?/m1/s1. The van der Waals surface area contributed by atoms with Crippen LogP contribution in [0.4, 0.5) is 0 Å². The van der Waals surface area contributed by atoms with Crippen molar-refractivity contribution in [3.63, 3.8) is 0 Å². The van der Waals surface area contributed by atoms with E-state index in [0.29, 0.717) is 26.0 Å². The fourth-order valence-electron chi connectivity index (χ4n) is 10.7. The first-order valence-corrected chi connectivity index (χ1v) is 12.3. The van der Waals surface area contributed by atoms with Gasteiger partial charge in [-0.3, -0.25) is 4.90 Å². The van der Waals surface area contributed by atoms with Gasteiger partial charge in [0.25, 0.3) is 0 Å². The number of hydrogen-bond donors (Lipinski definition) is 4. The molecule has 0 aromatic carbocycles. The first-order chi connectivity index (χ1) is 15.2. The Morgan fingerprint density at radius 1 is 1.09 bits per heavy atom. The average molecular weight is 454 g/mol. The summed E-state index contributed by atoms with van der Waals surface area (Å²) < 4.78 is 17.7. The van der Waals surface area contributed by atoms with Crippen molar-refractivity contribution < 1.29 is 34.6 Å². The van der Waals surface area contributed by atoms with E-state index in [-0.39, 0.29) is 35.7 Å². The molecule has 5 saturated carbocycles. The van der Waals surface area contributed by atoms with E-state index in [4.69, 9.17) is 14.2 Å². The summed E-state index contributed by atoms with van der Waals surface area (Å²) in [6.07, 6.45) is -0.0296. The SMILES string of the molecule is CCN1C[C@]2(COC)CCC(O)[C@]34C1C(O)([C@@H](OC)[C@H]23)C1(O)C[C@H](OC)[C@H]2C[C@@H]4[C@@H]1[C@H]2O. The number of fused-ring (bicyclic) bond motifs is 2. The van der Waals surface area contributed by atoms with Crippen LogP contribution in [0.5, 0.6) is 0 Å². The summed E-state index contributed by atoms with van der Waals surface area (Å²) in [6.45, 7) is 4.05. The van der Waals surface area contributed by atoms with E-state index in [1.807, 2.05) is 0 Å². The van der Waals surface area contributed by atoms with E-state index < -0.39 is 46.9 Å². The molecule has 4 unspecified atom stereocenters. The average Bonchev–Trinajstić information content (AvgIpc) is 3.14. The van der Waals surface area contributed by atoms with Crippen LogP contribution in [0.3, 0.4) is 0 Å². The minimum absolute atomic E-state index is 0.102. The van der Waals surface area contributed by atoms with Crippen molar-refractivity contribution in [2.45, 2.75) is 74.3 Å². The highest BCUT2D eigenvalue weighted by Crippen LogP contribution is 2.80. The number of ether oxygens (including phenoxy) is 3. The van der Waals surface area contributed by atoms with E-state index in [1.165, 1.54) is 0 Å². The third-order valence-corrected chi connectivity index (χ3v) is 11.2. The van der Waals surface area contributed by atoms with Crippen molar-refractivity contribution in [3.05, 3.63) is 0 Å². The van der Waals surface area contributed by atoms with Gasteiger partial charge in [-0.05, 0) is 31.7 Å². The van der Waals surface area contributed by atoms with E-state index in [0.717, 1.165) is 13.0 Å². The summed E-state index contributed by atoms with van der Waals surface area (Å²) in [6, 6.07) is -0.442. The maximum Gasteiger partial charge on any atom is 0.136 e. The first kappa shape index (κ1) is 22.2. The molecule has 8 nitrogen and oxygen atoms in total. The molecule has 5 aliphatic carbocycles. The van der Waals surface area contributed by atoms with Gasteiger partial charge in [-0.1, -0.05) is 6.92 Å². The topological polar surface area (TPSA) is 112 Å². The monoisotopic (exact) mass is 453 g/mol. The Hall–Kier alpha value is -0.320. The zero-order chi connectivity index (χ0) is 22.8. The number of aliphatic hydroxyl groups excluding tert-OH is 2. The molecule has 8 heteroatoms. The van der Waals surface area contributed by atoms with Crippen LogP contribution in [0.2, 0.25) is 0 Å². The van der Waals surface area contributed by atoms with Gasteiger partial charge in [-0.15, -0.1) is 0 Å². The van der Waals surface area contributed by atoms with Crippen LogP contribution in [0.25, 0.3) is 0 Å². The van der Waals surface area contributed by atoms with Gasteiger partial charge in [0.2, 0.25) is 0 Å². The molecule has 0 aromatic rings. The van der Waals surface area contributed by atoms with Gasteiger partial charge in [0.1, 0.15) is 11.2 Å². The summed E-state index contributed by atoms with van der Waals surface area (Å²) in [4.78, 5) is 2.28. The second kappa shape index (κ2) is 6.66. The molecule has 1 aliphatic heterocycles. The van der Waals surface area contributed by atoms with Crippen molar-refractivity contribution in [1.82, 2.24) is 4.90 Å². The van der Waals surface area contributed by atoms with Crippen LogP contribution < -0.4 is 0 Å². The quantitative estimate of drug-likeness (QED) is 0.446. The van der Waals surface area contributed by atoms with Gasteiger partial charge >= 0.3 is 0 Å². The van der Waals surface area contributed by atoms with E-state index >= 15 is 0 Å². The van der Waals surface area contributed by atoms with Gasteiger partial charge in [-0.25, -0.2) is 0 Å². The second-order valence-electron chi connectivity index (χ2n) is 11.7. The minimum Gasteiger partial charge on any atom is -0.392 e. The summed E-state index contributed by atoms with van der Waals surface area (Å²) >= 11 is 0. The number of hydrogen-bond acceptors (Lipinski definition) is 8. The molecule has 32 heavy (non-hydrogen) atoms. The van der Waals surface area contributed by atoms with Crippen molar-refractivity contribution in [1.29, 1.82) is 0 Å². The number of rotatable bonds is 5. The van der Waals surface area contributed by atoms with Crippen molar-refractivity contribution in [2.75, 3.05) is 41.0 Å². The molecule has 6 fully saturated rings. The first-order valence-electron chi connectivity index (χ1n) is 12.3. The van der Waals surface area contributed by atoms with Crippen LogP contribution in [-0.4, -0.2) is 108 Å². The molecule has 6 aliphatic rings. The molecule has 1 heterocycles. The Bertz CT molecular complexity index is 798. The number of piperidine rings is 1. The molecular formula is C24H39NO7. The Kier molecular flexibility index (Phi) is 4.62. The summed E-state index contributed by atoms with van der Waals surface area (Å²) in [5.74, 6) is -0.889. The fourth-order valence-corrected chi connectivity index (χ4v) is 10.7. The smallest absolute Gasteiger partial charge is 0.136 e. The molecule has 13 atom stereocenters. The van der Waals surface area contributed by atoms with Gasteiger partial charge in [0.05, 0.1) is 37.1 Å². The predicted octanol–water partition coefficient (Wildman–Crippen LogP) is -0.383. The maximum absolute atomic E-state index is 12.8. The highest BCUT2D eigenvalue weighted by Gasteiger charge is 2.91. The Balaban J connectivity index is 1.67. The molecule has 1 spiro atoms. The van der Waals surface area contributed by atoms with Gasteiger partial charge in [-0.2, -0.15) is 0 Å². The molecular weight excluding hydrogens is 414 g/mol. The molecule has 182 valence electrons. The molecule has 1 saturated heterocycles. The summed E-state index contributed by atoms with van der Waals surface area (Å²) in [7, 11) is 4.95. The van der Waals surface area contributed by atoms with E-state index in [1.54, 1.807) is 21.3 Å². The molecule has 0 radical (unpaired) electrons. The number of methoxy groups -OCH3 is 3. The third kappa shape index (κ3) is 1.99.